The SMILES string of the molecule is COC(=O)c1ccc(NC(=O)c2ccc(N(Cc3ccc(C)cc3)S(C)(=O)=O)cc2)cc1. The number of aryl methyl sites for hydroxylation is 1. The number of rotatable bonds is 7. The number of carbonyl (C=O) groups is 2. The highest BCUT2D eigenvalue weighted by molar-refractivity contribution is 7.92. The summed E-state index contributed by atoms with van der Waals surface area (Å²) in [6.45, 7) is 2.16. The van der Waals surface area contributed by atoms with Crippen LogP contribution < -0.4 is 9.62 Å². The molecule has 0 heterocycles. The van der Waals surface area contributed by atoms with E-state index < -0.39 is 16.0 Å². The molecule has 7 nitrogen and oxygen atoms in total. The maximum Gasteiger partial charge on any atom is 0.337 e. The smallest absolute Gasteiger partial charge is 0.337 e. The molecule has 0 saturated heterocycles. The van der Waals surface area contributed by atoms with E-state index >= 15 is 0 Å². The third kappa shape index (κ3) is 5.73. The zero-order valence-electron chi connectivity index (χ0n) is 18.0. The number of anilines is 2. The molecule has 166 valence electrons. The molecule has 0 saturated carbocycles. The van der Waals surface area contributed by atoms with Crippen LogP contribution >= 0.6 is 0 Å². The van der Waals surface area contributed by atoms with Gasteiger partial charge < -0.3 is 10.1 Å². The molecule has 0 aliphatic rings. The van der Waals surface area contributed by atoms with Gasteiger partial charge in [0.1, 0.15) is 0 Å². The summed E-state index contributed by atoms with van der Waals surface area (Å²) < 4.78 is 30.7. The van der Waals surface area contributed by atoms with Crippen molar-refractivity contribution < 1.29 is 22.7 Å². The Morgan fingerprint density at radius 2 is 1.44 bits per heavy atom. The zero-order valence-corrected chi connectivity index (χ0v) is 18.8. The zero-order chi connectivity index (χ0) is 23.3. The molecule has 0 bridgehead atoms. The van der Waals surface area contributed by atoms with Crippen LogP contribution in [-0.2, 0) is 21.3 Å². The Balaban J connectivity index is 1.74. The summed E-state index contributed by atoms with van der Waals surface area (Å²) in [5, 5.41) is 2.74. The van der Waals surface area contributed by atoms with Gasteiger partial charge in [-0.2, -0.15) is 0 Å². The number of sulfonamides is 1. The van der Waals surface area contributed by atoms with E-state index in [1.54, 1.807) is 48.5 Å². The molecule has 0 radical (unpaired) electrons. The average Bonchev–Trinajstić information content (AvgIpc) is 2.78. The van der Waals surface area contributed by atoms with E-state index in [9.17, 15) is 18.0 Å². The lowest BCUT2D eigenvalue weighted by Crippen LogP contribution is -2.29. The number of amides is 1. The van der Waals surface area contributed by atoms with Crippen molar-refractivity contribution in [3.63, 3.8) is 0 Å². The molecule has 0 spiro atoms. The predicted molar refractivity (Wildman–Crippen MR) is 124 cm³/mol. The minimum Gasteiger partial charge on any atom is -0.465 e. The summed E-state index contributed by atoms with van der Waals surface area (Å²) in [7, 11) is -2.23. The first-order valence-corrected chi connectivity index (χ1v) is 11.7. The van der Waals surface area contributed by atoms with Crippen LogP contribution in [-0.4, -0.2) is 33.7 Å². The van der Waals surface area contributed by atoms with Gasteiger partial charge in [0.25, 0.3) is 5.91 Å². The third-order valence-electron chi connectivity index (χ3n) is 4.83. The molecule has 0 fully saturated rings. The molecule has 0 atom stereocenters. The summed E-state index contributed by atoms with van der Waals surface area (Å²) in [5.74, 6) is -0.814. The first kappa shape index (κ1) is 23.0. The monoisotopic (exact) mass is 452 g/mol. The minimum absolute atomic E-state index is 0.192. The second kappa shape index (κ2) is 9.65. The van der Waals surface area contributed by atoms with Crippen molar-refractivity contribution in [2.45, 2.75) is 13.5 Å². The van der Waals surface area contributed by atoms with Crippen molar-refractivity contribution in [2.75, 3.05) is 23.0 Å². The fourth-order valence-corrected chi connectivity index (χ4v) is 3.94. The van der Waals surface area contributed by atoms with E-state index in [-0.39, 0.29) is 12.5 Å². The van der Waals surface area contributed by atoms with E-state index in [0.717, 1.165) is 17.4 Å². The number of nitrogens with zero attached hydrogens (tertiary/aromatic N) is 1. The van der Waals surface area contributed by atoms with Gasteiger partial charge in [0.05, 0.1) is 31.2 Å². The van der Waals surface area contributed by atoms with Crippen molar-refractivity contribution >= 4 is 33.3 Å². The van der Waals surface area contributed by atoms with Crippen molar-refractivity contribution in [1.29, 1.82) is 0 Å². The highest BCUT2D eigenvalue weighted by Crippen LogP contribution is 2.22. The largest absolute Gasteiger partial charge is 0.465 e. The number of hydrogen-bond acceptors (Lipinski definition) is 5. The van der Waals surface area contributed by atoms with Gasteiger partial charge in [-0.3, -0.25) is 9.10 Å². The molecule has 3 aromatic rings. The summed E-state index contributed by atoms with van der Waals surface area (Å²) >= 11 is 0. The number of ether oxygens (including phenoxy) is 1. The Morgan fingerprint density at radius 3 is 1.97 bits per heavy atom. The van der Waals surface area contributed by atoms with Gasteiger partial charge >= 0.3 is 5.97 Å². The van der Waals surface area contributed by atoms with E-state index in [1.165, 1.54) is 11.4 Å². The van der Waals surface area contributed by atoms with Crippen molar-refractivity contribution in [3.8, 4) is 0 Å². The normalized spacial score (nSPS) is 11.0. The molecule has 8 heteroatoms. The fraction of sp³-hybridized carbons (Fsp3) is 0.167. The molecule has 1 N–H and O–H groups in total. The first-order valence-electron chi connectivity index (χ1n) is 9.80. The van der Waals surface area contributed by atoms with Gasteiger partial charge in [-0.05, 0) is 61.0 Å². The molecule has 1 amide bonds. The van der Waals surface area contributed by atoms with Crippen LogP contribution in [0, 0.1) is 6.92 Å². The number of methoxy groups -OCH3 is 1. The summed E-state index contributed by atoms with van der Waals surface area (Å²) in [4.78, 5) is 24.1. The number of esters is 1. The van der Waals surface area contributed by atoms with E-state index in [0.29, 0.717) is 22.5 Å². The Bertz CT molecular complexity index is 1200. The lowest BCUT2D eigenvalue weighted by atomic mass is 10.1. The molecule has 0 aromatic heterocycles. The van der Waals surface area contributed by atoms with Crippen LogP contribution in [0.5, 0.6) is 0 Å². The molecule has 32 heavy (non-hydrogen) atoms. The van der Waals surface area contributed by atoms with Crippen LogP contribution in [0.25, 0.3) is 0 Å². The second-order valence-corrected chi connectivity index (χ2v) is 9.23. The molecular formula is C24H24N2O5S. The first-order chi connectivity index (χ1) is 15.2. The van der Waals surface area contributed by atoms with Gasteiger partial charge in [-0.1, -0.05) is 29.8 Å². The number of hydrogen-bond donors (Lipinski definition) is 1. The fourth-order valence-electron chi connectivity index (χ4n) is 3.05. The Kier molecular flexibility index (Phi) is 6.95. The molecular weight excluding hydrogens is 428 g/mol. The minimum atomic E-state index is -3.53. The van der Waals surface area contributed by atoms with Gasteiger partial charge in [-0.15, -0.1) is 0 Å². The van der Waals surface area contributed by atoms with Gasteiger partial charge in [0.15, 0.2) is 0 Å². The molecule has 3 aromatic carbocycles. The van der Waals surface area contributed by atoms with Crippen LogP contribution in [0.3, 0.4) is 0 Å². The predicted octanol–water partition coefficient (Wildman–Crippen LogP) is 4.00. The Morgan fingerprint density at radius 1 is 0.875 bits per heavy atom. The van der Waals surface area contributed by atoms with Gasteiger partial charge in [0, 0.05) is 11.3 Å². The highest BCUT2D eigenvalue weighted by atomic mass is 32.2. The maximum absolute atomic E-state index is 12.6. The number of nitrogens with one attached hydrogen (secondary N) is 1. The van der Waals surface area contributed by atoms with E-state index in [4.69, 9.17) is 0 Å². The van der Waals surface area contributed by atoms with Crippen LogP contribution in [0.2, 0.25) is 0 Å². The van der Waals surface area contributed by atoms with Crippen LogP contribution in [0.15, 0.2) is 72.8 Å². The van der Waals surface area contributed by atoms with Crippen molar-refractivity contribution in [3.05, 3.63) is 95.1 Å². The third-order valence-corrected chi connectivity index (χ3v) is 5.97. The van der Waals surface area contributed by atoms with Gasteiger partial charge in [-0.25, -0.2) is 13.2 Å². The average molecular weight is 453 g/mol. The van der Waals surface area contributed by atoms with E-state index in [2.05, 4.69) is 10.1 Å². The topological polar surface area (TPSA) is 92.8 Å². The van der Waals surface area contributed by atoms with Gasteiger partial charge in [0.2, 0.25) is 10.0 Å². The maximum atomic E-state index is 12.6. The van der Waals surface area contributed by atoms with Crippen LogP contribution in [0.4, 0.5) is 11.4 Å². The number of benzene rings is 3. The summed E-state index contributed by atoms with van der Waals surface area (Å²) in [6, 6.07) is 20.3. The Labute approximate surface area is 187 Å². The quantitative estimate of drug-likeness (QED) is 0.547. The molecule has 0 unspecified atom stereocenters. The standard InChI is InChI=1S/C24H24N2O5S/c1-17-4-6-18(7-5-17)16-26(32(3,29)30)22-14-10-19(11-15-22)23(27)25-21-12-8-20(9-13-21)24(28)31-2/h4-15H,16H2,1-3H3,(H,25,27). The molecule has 0 aliphatic carbocycles. The molecule has 3 rings (SSSR count). The second-order valence-electron chi connectivity index (χ2n) is 7.33. The summed E-state index contributed by atoms with van der Waals surface area (Å²) in [5.41, 5.74) is 3.68. The van der Waals surface area contributed by atoms with Crippen molar-refractivity contribution in [2.24, 2.45) is 0 Å². The Hall–Kier alpha value is -3.65. The lowest BCUT2D eigenvalue weighted by Gasteiger charge is -2.23. The van der Waals surface area contributed by atoms with E-state index in [1.807, 2.05) is 31.2 Å². The summed E-state index contributed by atoms with van der Waals surface area (Å²) in [6.07, 6.45) is 1.15. The lowest BCUT2D eigenvalue weighted by molar-refractivity contribution is 0.0600. The van der Waals surface area contributed by atoms with Crippen LogP contribution in [0.1, 0.15) is 31.8 Å². The molecule has 0 aliphatic heterocycles. The highest BCUT2D eigenvalue weighted by Gasteiger charge is 2.18. The number of carbonyl (C=O) groups excluding carboxylic acids is 2. The van der Waals surface area contributed by atoms with Crippen molar-refractivity contribution in [1.82, 2.24) is 0 Å².